The molecule has 0 bridgehead atoms. The number of nitrogens with one attached hydrogen (secondary N) is 1. The number of nitrogens with two attached hydrogens (primary N) is 1. The first-order chi connectivity index (χ1) is 16.9. The molecule has 1 aromatic carbocycles. The topological polar surface area (TPSA) is 138 Å². The standard InChI is InChI=1S/C25H37N5O5/c1-2-35-25(33)14-22(19-6-4-3-5-7-19)28-23(31)16-30-13-12-29(17-24(30)32)20-10-8-18(9-11-20)21(26)15-27-34/h8-11,15,19,21-22,34H,2-7,12-14,16-17,26H2,1H3,(H,28,31)/b27-15-. The molecule has 0 aromatic heterocycles. The highest BCUT2D eigenvalue weighted by Gasteiger charge is 2.30. The minimum Gasteiger partial charge on any atom is -0.466 e. The van der Waals surface area contributed by atoms with Crippen LogP contribution in [-0.4, -0.2) is 72.9 Å². The highest BCUT2D eigenvalue weighted by molar-refractivity contribution is 5.88. The van der Waals surface area contributed by atoms with Crippen molar-refractivity contribution in [1.29, 1.82) is 0 Å². The van der Waals surface area contributed by atoms with Crippen molar-refractivity contribution in [2.45, 2.75) is 57.5 Å². The number of oxime groups is 1. The molecule has 1 aliphatic heterocycles. The van der Waals surface area contributed by atoms with Gasteiger partial charge in [-0.2, -0.15) is 0 Å². The summed E-state index contributed by atoms with van der Waals surface area (Å²) in [5.74, 6) is -0.414. The monoisotopic (exact) mass is 487 g/mol. The van der Waals surface area contributed by atoms with Crippen LogP contribution >= 0.6 is 0 Å². The molecule has 2 unspecified atom stereocenters. The molecule has 2 atom stereocenters. The highest BCUT2D eigenvalue weighted by atomic mass is 16.5. The van der Waals surface area contributed by atoms with Crippen molar-refractivity contribution in [3.63, 3.8) is 0 Å². The number of hydrogen-bond donors (Lipinski definition) is 3. The number of amides is 2. The Morgan fingerprint density at radius 2 is 1.94 bits per heavy atom. The SMILES string of the molecule is CCOC(=O)CC(NC(=O)CN1CCN(c2ccc(C(N)/C=N\O)cc2)CC1=O)C1CCCCC1. The minimum atomic E-state index is -0.507. The van der Waals surface area contributed by atoms with Gasteiger partial charge in [0.1, 0.15) is 0 Å². The van der Waals surface area contributed by atoms with E-state index in [4.69, 9.17) is 15.7 Å². The van der Waals surface area contributed by atoms with Gasteiger partial charge in [0.2, 0.25) is 11.8 Å². The van der Waals surface area contributed by atoms with Crippen LogP contribution in [0.5, 0.6) is 0 Å². The zero-order chi connectivity index (χ0) is 25.2. The Morgan fingerprint density at radius 3 is 2.57 bits per heavy atom. The molecule has 192 valence electrons. The lowest BCUT2D eigenvalue weighted by atomic mass is 9.82. The van der Waals surface area contributed by atoms with E-state index in [1.807, 2.05) is 29.2 Å². The van der Waals surface area contributed by atoms with Crippen LogP contribution in [0.1, 0.15) is 57.1 Å². The molecule has 1 saturated heterocycles. The Morgan fingerprint density at radius 1 is 1.23 bits per heavy atom. The molecule has 10 nitrogen and oxygen atoms in total. The van der Waals surface area contributed by atoms with E-state index in [-0.39, 0.29) is 49.3 Å². The predicted molar refractivity (Wildman–Crippen MR) is 132 cm³/mol. The van der Waals surface area contributed by atoms with E-state index < -0.39 is 6.04 Å². The Balaban J connectivity index is 1.54. The fraction of sp³-hybridized carbons (Fsp3) is 0.600. The molecular formula is C25H37N5O5. The molecule has 2 aliphatic rings. The van der Waals surface area contributed by atoms with Gasteiger partial charge in [-0.25, -0.2) is 0 Å². The van der Waals surface area contributed by atoms with Gasteiger partial charge in [-0.1, -0.05) is 31.4 Å². The van der Waals surface area contributed by atoms with Crippen molar-refractivity contribution < 1.29 is 24.3 Å². The lowest BCUT2D eigenvalue weighted by Gasteiger charge is -2.36. The maximum Gasteiger partial charge on any atom is 0.307 e. The van der Waals surface area contributed by atoms with Gasteiger partial charge >= 0.3 is 5.97 Å². The molecule has 2 fully saturated rings. The third kappa shape index (κ3) is 7.68. The number of carbonyl (C=O) groups is 3. The van der Waals surface area contributed by atoms with E-state index in [0.29, 0.717) is 19.7 Å². The molecule has 3 rings (SSSR count). The number of carbonyl (C=O) groups excluding carboxylic acids is 3. The normalized spacial score (nSPS) is 19.0. The number of esters is 1. The Bertz CT molecular complexity index is 885. The Kier molecular flexibility index (Phi) is 9.89. The number of rotatable bonds is 10. The fourth-order valence-electron chi connectivity index (χ4n) is 4.86. The lowest BCUT2D eigenvalue weighted by molar-refractivity contribution is -0.144. The van der Waals surface area contributed by atoms with Gasteiger partial charge in [-0.05, 0) is 43.4 Å². The van der Waals surface area contributed by atoms with Crippen molar-refractivity contribution in [2.24, 2.45) is 16.8 Å². The maximum absolute atomic E-state index is 12.8. The summed E-state index contributed by atoms with van der Waals surface area (Å²) >= 11 is 0. The predicted octanol–water partition coefficient (Wildman–Crippen LogP) is 1.81. The smallest absolute Gasteiger partial charge is 0.307 e. The zero-order valence-electron chi connectivity index (χ0n) is 20.4. The molecule has 1 aliphatic carbocycles. The highest BCUT2D eigenvalue weighted by Crippen LogP contribution is 2.28. The van der Waals surface area contributed by atoms with Gasteiger partial charge in [0.05, 0.1) is 38.4 Å². The van der Waals surface area contributed by atoms with Gasteiger partial charge in [-0.15, -0.1) is 5.16 Å². The third-order valence-electron chi connectivity index (χ3n) is 6.78. The molecule has 1 aromatic rings. The van der Waals surface area contributed by atoms with Crippen LogP contribution in [0.2, 0.25) is 0 Å². The third-order valence-corrected chi connectivity index (χ3v) is 6.78. The summed E-state index contributed by atoms with van der Waals surface area (Å²) in [6.45, 7) is 3.26. The van der Waals surface area contributed by atoms with Gasteiger partial charge in [0.15, 0.2) is 0 Å². The molecule has 1 heterocycles. The van der Waals surface area contributed by atoms with Gasteiger partial charge in [-0.3, -0.25) is 14.4 Å². The molecule has 0 spiro atoms. The van der Waals surface area contributed by atoms with Gasteiger partial charge in [0.25, 0.3) is 0 Å². The summed E-state index contributed by atoms with van der Waals surface area (Å²) in [4.78, 5) is 41.3. The summed E-state index contributed by atoms with van der Waals surface area (Å²) < 4.78 is 5.11. The number of nitrogens with zero attached hydrogens (tertiary/aromatic N) is 3. The average molecular weight is 488 g/mol. The maximum atomic E-state index is 12.8. The number of anilines is 1. The Labute approximate surface area is 206 Å². The first kappa shape index (κ1) is 26.5. The molecule has 10 heteroatoms. The number of hydrogen-bond acceptors (Lipinski definition) is 8. The summed E-state index contributed by atoms with van der Waals surface area (Å²) in [5, 5.41) is 14.6. The van der Waals surface area contributed by atoms with E-state index >= 15 is 0 Å². The number of piperazine rings is 1. The quantitative estimate of drug-likeness (QED) is 0.198. The van der Waals surface area contributed by atoms with E-state index in [0.717, 1.165) is 36.9 Å². The van der Waals surface area contributed by atoms with Crippen molar-refractivity contribution in [1.82, 2.24) is 10.2 Å². The minimum absolute atomic E-state index is 0.0208. The van der Waals surface area contributed by atoms with Crippen molar-refractivity contribution >= 4 is 29.7 Å². The van der Waals surface area contributed by atoms with Crippen LogP contribution in [0.25, 0.3) is 0 Å². The van der Waals surface area contributed by atoms with Crippen molar-refractivity contribution in [3.8, 4) is 0 Å². The summed E-state index contributed by atoms with van der Waals surface area (Å²) in [6.07, 6.45) is 6.76. The van der Waals surface area contributed by atoms with Gasteiger partial charge in [0, 0.05) is 24.8 Å². The first-order valence-corrected chi connectivity index (χ1v) is 12.4. The van der Waals surface area contributed by atoms with Gasteiger partial charge < -0.3 is 30.8 Å². The van der Waals surface area contributed by atoms with Crippen LogP contribution in [0.4, 0.5) is 5.69 Å². The first-order valence-electron chi connectivity index (χ1n) is 12.4. The second-order valence-corrected chi connectivity index (χ2v) is 9.20. The zero-order valence-corrected chi connectivity index (χ0v) is 20.4. The van der Waals surface area contributed by atoms with E-state index in [1.54, 1.807) is 11.8 Å². The van der Waals surface area contributed by atoms with Crippen molar-refractivity contribution in [3.05, 3.63) is 29.8 Å². The van der Waals surface area contributed by atoms with Crippen LogP contribution in [0.3, 0.4) is 0 Å². The van der Waals surface area contributed by atoms with Crippen LogP contribution in [-0.2, 0) is 19.1 Å². The average Bonchev–Trinajstić information content (AvgIpc) is 2.86. The number of benzene rings is 1. The van der Waals surface area contributed by atoms with Crippen LogP contribution in [0, 0.1) is 5.92 Å². The van der Waals surface area contributed by atoms with Crippen LogP contribution in [0.15, 0.2) is 29.4 Å². The molecule has 1 saturated carbocycles. The molecular weight excluding hydrogens is 450 g/mol. The largest absolute Gasteiger partial charge is 0.466 e. The van der Waals surface area contributed by atoms with E-state index in [9.17, 15) is 14.4 Å². The molecule has 35 heavy (non-hydrogen) atoms. The van der Waals surface area contributed by atoms with E-state index in [1.165, 1.54) is 12.6 Å². The summed E-state index contributed by atoms with van der Waals surface area (Å²) in [6, 6.07) is 6.65. The summed E-state index contributed by atoms with van der Waals surface area (Å²) in [5.41, 5.74) is 7.57. The second-order valence-electron chi connectivity index (χ2n) is 9.20. The summed E-state index contributed by atoms with van der Waals surface area (Å²) in [7, 11) is 0. The molecule has 4 N–H and O–H groups in total. The fourth-order valence-corrected chi connectivity index (χ4v) is 4.86. The second kappa shape index (κ2) is 13.1. The Hall–Kier alpha value is -3.14. The van der Waals surface area contributed by atoms with E-state index in [2.05, 4.69) is 10.5 Å². The van der Waals surface area contributed by atoms with Crippen molar-refractivity contribution in [2.75, 3.05) is 37.7 Å². The number of ether oxygens (including phenoxy) is 1. The lowest BCUT2D eigenvalue weighted by Crippen LogP contribution is -2.54. The van der Waals surface area contributed by atoms with Crippen LogP contribution < -0.4 is 16.0 Å². The molecule has 0 radical (unpaired) electrons. The molecule has 2 amide bonds.